The minimum atomic E-state index is -1.24. The van der Waals surface area contributed by atoms with E-state index in [1.54, 1.807) is 0 Å². The number of ether oxygens (including phenoxy) is 4. The molecular weight excluding hydrogens is 366 g/mol. The molecule has 0 spiro atoms. The van der Waals surface area contributed by atoms with Crippen LogP contribution in [0.15, 0.2) is 6.20 Å². The van der Waals surface area contributed by atoms with E-state index >= 15 is 0 Å². The van der Waals surface area contributed by atoms with E-state index in [2.05, 4.69) is 15.5 Å². The zero-order valence-corrected chi connectivity index (χ0v) is 14.8. The highest BCUT2D eigenvalue weighted by atomic mass is 16.7. The van der Waals surface area contributed by atoms with E-state index < -0.39 is 54.1 Å². The van der Waals surface area contributed by atoms with Crippen LogP contribution in [0.5, 0.6) is 5.75 Å². The predicted octanol–water partition coefficient (Wildman–Crippen LogP) is -1.00. The molecule has 27 heavy (non-hydrogen) atoms. The first-order chi connectivity index (χ1) is 12.7. The second-order valence-electron chi connectivity index (χ2n) is 5.65. The van der Waals surface area contributed by atoms with Crippen LogP contribution in [0, 0.1) is 0 Å². The zero-order valence-electron chi connectivity index (χ0n) is 14.8. The van der Waals surface area contributed by atoms with Crippen molar-refractivity contribution in [3.05, 3.63) is 11.9 Å². The Kier molecular flexibility index (Phi) is 6.34. The van der Waals surface area contributed by atoms with Gasteiger partial charge in [0.1, 0.15) is 12.7 Å². The number of hydrogen-bond acceptors (Lipinski definition) is 10. The van der Waals surface area contributed by atoms with Gasteiger partial charge in [0.25, 0.3) is 5.91 Å². The molecule has 0 bridgehead atoms. The molecule has 0 aliphatic carbocycles. The third-order valence-electron chi connectivity index (χ3n) is 3.48. The molecule has 0 radical (unpaired) electrons. The van der Waals surface area contributed by atoms with Gasteiger partial charge in [-0.3, -0.25) is 24.3 Å². The highest BCUT2D eigenvalue weighted by Gasteiger charge is 2.50. The number of nitrogens with one attached hydrogen (secondary N) is 2. The van der Waals surface area contributed by atoms with Gasteiger partial charge in [-0.2, -0.15) is 5.10 Å². The van der Waals surface area contributed by atoms with E-state index in [4.69, 9.17) is 18.9 Å². The summed E-state index contributed by atoms with van der Waals surface area (Å²) in [6.07, 6.45) is -3.55. The smallest absolute Gasteiger partial charge is 0.303 e. The number of aromatic nitrogens is 2. The first-order valence-corrected chi connectivity index (χ1v) is 7.85. The molecule has 148 valence electrons. The van der Waals surface area contributed by atoms with Crippen LogP contribution in [-0.4, -0.2) is 70.3 Å². The van der Waals surface area contributed by atoms with E-state index in [9.17, 15) is 24.3 Å². The van der Waals surface area contributed by atoms with E-state index in [-0.39, 0.29) is 12.3 Å². The molecule has 12 heteroatoms. The molecule has 2 rings (SSSR count). The topological polar surface area (TPSA) is 166 Å². The van der Waals surface area contributed by atoms with Gasteiger partial charge in [0.2, 0.25) is 0 Å². The van der Waals surface area contributed by atoms with Crippen molar-refractivity contribution in [3.63, 3.8) is 0 Å². The molecule has 12 nitrogen and oxygen atoms in total. The van der Waals surface area contributed by atoms with Crippen LogP contribution in [0.1, 0.15) is 31.3 Å². The standard InChI is InChI=1S/C15H19N3O9/c1-6(19)24-5-10-12(25-7(2)20)13(26-8(3)21)15(27-10)17-14(23)11-9(22)4-16-18-11/h4,10,12-13,15,22H,5H2,1-3H3,(H,16,18)(H,17,23)/t10-,12+,13-,15?/m1/s1. The van der Waals surface area contributed by atoms with E-state index in [0.29, 0.717) is 0 Å². The van der Waals surface area contributed by atoms with Crippen molar-refractivity contribution in [2.75, 3.05) is 6.61 Å². The molecule has 3 N–H and O–H groups in total. The fourth-order valence-corrected chi connectivity index (χ4v) is 2.48. The summed E-state index contributed by atoms with van der Waals surface area (Å²) in [7, 11) is 0. The van der Waals surface area contributed by atoms with Gasteiger partial charge in [-0.15, -0.1) is 0 Å². The molecule has 1 aliphatic rings. The van der Waals surface area contributed by atoms with E-state index in [1.165, 1.54) is 6.92 Å². The molecule has 1 amide bonds. The Labute approximate surface area is 153 Å². The summed E-state index contributed by atoms with van der Waals surface area (Å²) in [6.45, 7) is 3.15. The van der Waals surface area contributed by atoms with Crippen molar-refractivity contribution in [2.45, 2.75) is 45.3 Å². The third-order valence-corrected chi connectivity index (χ3v) is 3.48. The summed E-state index contributed by atoms with van der Waals surface area (Å²) < 4.78 is 20.7. The van der Waals surface area contributed by atoms with Crippen LogP contribution in [0.3, 0.4) is 0 Å². The molecule has 1 saturated heterocycles. The Morgan fingerprint density at radius 1 is 1.15 bits per heavy atom. The maximum absolute atomic E-state index is 12.3. The minimum Gasteiger partial charge on any atom is -0.504 e. The molecule has 1 fully saturated rings. The summed E-state index contributed by atoms with van der Waals surface area (Å²) >= 11 is 0. The molecule has 1 aliphatic heterocycles. The number of aromatic amines is 1. The summed E-state index contributed by atoms with van der Waals surface area (Å²) in [4.78, 5) is 46.2. The number of carbonyl (C=O) groups is 4. The molecule has 1 aromatic rings. The van der Waals surface area contributed by atoms with Gasteiger partial charge < -0.3 is 29.4 Å². The number of hydrogen-bond donors (Lipinski definition) is 3. The van der Waals surface area contributed by atoms with Crippen LogP contribution in [-0.2, 0) is 33.3 Å². The molecule has 4 atom stereocenters. The normalized spacial score (nSPS) is 24.1. The van der Waals surface area contributed by atoms with Crippen LogP contribution in [0.2, 0.25) is 0 Å². The molecule has 1 aromatic heterocycles. The van der Waals surface area contributed by atoms with Gasteiger partial charge in [0.05, 0.1) is 6.20 Å². The third kappa shape index (κ3) is 5.17. The van der Waals surface area contributed by atoms with Gasteiger partial charge >= 0.3 is 17.9 Å². The van der Waals surface area contributed by atoms with Gasteiger partial charge in [-0.25, -0.2) is 0 Å². The lowest BCUT2D eigenvalue weighted by Crippen LogP contribution is -2.47. The zero-order chi connectivity index (χ0) is 20.1. The molecule has 0 aromatic carbocycles. The average molecular weight is 385 g/mol. The van der Waals surface area contributed by atoms with Gasteiger partial charge in [-0.05, 0) is 0 Å². The highest BCUT2D eigenvalue weighted by molar-refractivity contribution is 5.94. The summed E-state index contributed by atoms with van der Waals surface area (Å²) in [5.41, 5.74) is -0.243. The Morgan fingerprint density at radius 3 is 2.30 bits per heavy atom. The number of carbonyl (C=O) groups excluding carboxylic acids is 4. The SMILES string of the molecule is CC(=O)OC[C@H]1OC(NC(=O)c2[nH]ncc2O)[C@H](OC(C)=O)[C@H]1OC(C)=O. The van der Waals surface area contributed by atoms with Crippen LogP contribution >= 0.6 is 0 Å². The average Bonchev–Trinajstić information content (AvgIpc) is 3.10. The quantitative estimate of drug-likeness (QED) is 0.408. The van der Waals surface area contributed by atoms with Crippen LogP contribution < -0.4 is 5.32 Å². The maximum Gasteiger partial charge on any atom is 0.303 e. The van der Waals surface area contributed by atoms with Crippen molar-refractivity contribution in [1.82, 2.24) is 15.5 Å². The van der Waals surface area contributed by atoms with Crippen molar-refractivity contribution in [3.8, 4) is 5.75 Å². The predicted molar refractivity (Wildman–Crippen MR) is 84.1 cm³/mol. The Balaban J connectivity index is 2.22. The van der Waals surface area contributed by atoms with Crippen molar-refractivity contribution < 1.29 is 43.2 Å². The Morgan fingerprint density at radius 2 is 1.78 bits per heavy atom. The molecular formula is C15H19N3O9. The Hall–Kier alpha value is -3.15. The lowest BCUT2D eigenvalue weighted by atomic mass is 10.1. The molecule has 2 heterocycles. The largest absolute Gasteiger partial charge is 0.504 e. The first-order valence-electron chi connectivity index (χ1n) is 7.85. The van der Waals surface area contributed by atoms with Crippen LogP contribution in [0.25, 0.3) is 0 Å². The Bertz CT molecular complexity index is 732. The van der Waals surface area contributed by atoms with Crippen molar-refractivity contribution in [2.24, 2.45) is 0 Å². The fourth-order valence-electron chi connectivity index (χ4n) is 2.48. The number of H-pyrrole nitrogens is 1. The first kappa shape index (κ1) is 20.2. The number of rotatable bonds is 6. The van der Waals surface area contributed by atoms with Crippen LogP contribution in [0.4, 0.5) is 0 Å². The number of nitrogens with zero attached hydrogens (tertiary/aromatic N) is 1. The second-order valence-corrected chi connectivity index (χ2v) is 5.65. The number of aromatic hydroxyl groups is 1. The molecule has 1 unspecified atom stereocenters. The van der Waals surface area contributed by atoms with Gasteiger partial charge in [0, 0.05) is 20.8 Å². The summed E-state index contributed by atoms with van der Waals surface area (Å²) in [6, 6.07) is 0. The lowest BCUT2D eigenvalue weighted by molar-refractivity contribution is -0.165. The summed E-state index contributed by atoms with van der Waals surface area (Å²) in [5, 5.41) is 17.8. The molecule has 0 saturated carbocycles. The number of amides is 1. The van der Waals surface area contributed by atoms with Crippen molar-refractivity contribution in [1.29, 1.82) is 0 Å². The van der Waals surface area contributed by atoms with Gasteiger partial charge in [0.15, 0.2) is 29.9 Å². The van der Waals surface area contributed by atoms with E-state index in [1.807, 2.05) is 0 Å². The van der Waals surface area contributed by atoms with E-state index in [0.717, 1.165) is 20.0 Å². The monoisotopic (exact) mass is 385 g/mol. The maximum atomic E-state index is 12.3. The number of esters is 3. The van der Waals surface area contributed by atoms with Gasteiger partial charge in [-0.1, -0.05) is 0 Å². The minimum absolute atomic E-state index is 0.243. The fraction of sp³-hybridized carbons (Fsp3) is 0.533. The highest BCUT2D eigenvalue weighted by Crippen LogP contribution is 2.27. The second kappa shape index (κ2) is 8.49. The van der Waals surface area contributed by atoms with Crippen molar-refractivity contribution >= 4 is 23.8 Å². The summed E-state index contributed by atoms with van der Waals surface area (Å²) in [5.74, 6) is -3.20. The lowest BCUT2D eigenvalue weighted by Gasteiger charge is -2.23.